The number of carbonyl (C=O) groups excluding carboxylic acids is 2. The number of nitrogens with one attached hydrogen (secondary N) is 2. The van der Waals surface area contributed by atoms with Gasteiger partial charge in [-0.05, 0) is 61.4 Å². The molecule has 2 aromatic carbocycles. The lowest BCUT2D eigenvalue weighted by Gasteiger charge is -2.17. The standard InChI is InChI=1S/C23H22N4O2/c28-22(24-17-7-2-1-3-8-17)20-9-6-10-21(26-20)23(29)25-18-11-13-19(14-12-18)27-15-4-5-16-27/h1-3,6-14H,4-5,15-16H2,(H,24,28)(H,25,29). The molecule has 4 rings (SSSR count). The zero-order valence-corrected chi connectivity index (χ0v) is 16.0. The number of anilines is 3. The van der Waals surface area contributed by atoms with Crippen LogP contribution in [0.15, 0.2) is 72.8 Å². The van der Waals surface area contributed by atoms with E-state index in [1.54, 1.807) is 30.3 Å². The summed E-state index contributed by atoms with van der Waals surface area (Å²) >= 11 is 0. The molecule has 2 N–H and O–H groups in total. The van der Waals surface area contributed by atoms with Crippen molar-refractivity contribution in [3.8, 4) is 0 Å². The zero-order chi connectivity index (χ0) is 20.1. The molecule has 1 aliphatic rings. The quantitative estimate of drug-likeness (QED) is 0.690. The van der Waals surface area contributed by atoms with Crippen molar-refractivity contribution in [2.45, 2.75) is 12.8 Å². The average Bonchev–Trinajstić information content (AvgIpc) is 3.30. The van der Waals surface area contributed by atoms with Crippen molar-refractivity contribution in [3.63, 3.8) is 0 Å². The van der Waals surface area contributed by atoms with Gasteiger partial charge in [0.25, 0.3) is 11.8 Å². The monoisotopic (exact) mass is 386 g/mol. The molecule has 6 heteroatoms. The fourth-order valence-corrected chi connectivity index (χ4v) is 3.33. The summed E-state index contributed by atoms with van der Waals surface area (Å²) in [5.74, 6) is -0.714. The van der Waals surface area contributed by atoms with Crippen molar-refractivity contribution in [2.24, 2.45) is 0 Å². The van der Waals surface area contributed by atoms with Gasteiger partial charge in [0.15, 0.2) is 0 Å². The van der Waals surface area contributed by atoms with E-state index in [9.17, 15) is 9.59 Å². The molecule has 6 nitrogen and oxygen atoms in total. The average molecular weight is 386 g/mol. The third-order valence-corrected chi connectivity index (χ3v) is 4.84. The van der Waals surface area contributed by atoms with Crippen LogP contribution in [-0.4, -0.2) is 29.9 Å². The predicted octanol–water partition coefficient (Wildman–Crippen LogP) is 4.19. The van der Waals surface area contributed by atoms with E-state index in [2.05, 4.69) is 20.5 Å². The van der Waals surface area contributed by atoms with Crippen LogP contribution in [0.4, 0.5) is 17.1 Å². The van der Waals surface area contributed by atoms with Crippen molar-refractivity contribution in [1.29, 1.82) is 0 Å². The smallest absolute Gasteiger partial charge is 0.274 e. The summed E-state index contributed by atoms with van der Waals surface area (Å²) in [6.07, 6.45) is 2.44. The highest BCUT2D eigenvalue weighted by Crippen LogP contribution is 2.22. The second-order valence-electron chi connectivity index (χ2n) is 6.92. The van der Waals surface area contributed by atoms with E-state index in [-0.39, 0.29) is 23.2 Å². The van der Waals surface area contributed by atoms with Crippen molar-refractivity contribution in [3.05, 3.63) is 84.2 Å². The zero-order valence-electron chi connectivity index (χ0n) is 16.0. The van der Waals surface area contributed by atoms with Crippen LogP contribution in [0.25, 0.3) is 0 Å². The Morgan fingerprint density at radius 3 is 1.83 bits per heavy atom. The van der Waals surface area contributed by atoms with Crippen LogP contribution in [0.5, 0.6) is 0 Å². The van der Waals surface area contributed by atoms with Crippen LogP contribution in [-0.2, 0) is 0 Å². The first-order chi connectivity index (χ1) is 14.2. The fraction of sp³-hybridized carbons (Fsp3) is 0.174. The number of benzene rings is 2. The number of pyridine rings is 1. The van der Waals surface area contributed by atoms with Gasteiger partial charge in [0.2, 0.25) is 0 Å². The molecule has 0 bridgehead atoms. The molecular weight excluding hydrogens is 364 g/mol. The van der Waals surface area contributed by atoms with E-state index in [0.29, 0.717) is 11.4 Å². The van der Waals surface area contributed by atoms with Crippen molar-refractivity contribution < 1.29 is 9.59 Å². The molecule has 29 heavy (non-hydrogen) atoms. The minimum Gasteiger partial charge on any atom is -0.372 e. The summed E-state index contributed by atoms with van der Waals surface area (Å²) in [6.45, 7) is 2.15. The number of rotatable bonds is 5. The molecule has 0 spiro atoms. The van der Waals surface area contributed by atoms with Crippen LogP contribution >= 0.6 is 0 Å². The van der Waals surface area contributed by atoms with E-state index in [1.165, 1.54) is 18.5 Å². The normalized spacial score (nSPS) is 13.2. The van der Waals surface area contributed by atoms with E-state index in [0.717, 1.165) is 13.1 Å². The van der Waals surface area contributed by atoms with Gasteiger partial charge in [-0.15, -0.1) is 0 Å². The Bertz CT molecular complexity index is 997. The van der Waals surface area contributed by atoms with Gasteiger partial charge in [0.1, 0.15) is 11.4 Å². The lowest BCUT2D eigenvalue weighted by Crippen LogP contribution is -2.19. The minimum absolute atomic E-state index is 0.186. The number of para-hydroxylation sites is 1. The van der Waals surface area contributed by atoms with Gasteiger partial charge < -0.3 is 15.5 Å². The number of hydrogen-bond acceptors (Lipinski definition) is 4. The van der Waals surface area contributed by atoms with E-state index >= 15 is 0 Å². The summed E-state index contributed by atoms with van der Waals surface area (Å²) in [6, 6.07) is 21.7. The van der Waals surface area contributed by atoms with Gasteiger partial charge in [-0.3, -0.25) is 9.59 Å². The maximum absolute atomic E-state index is 12.6. The molecular formula is C23H22N4O2. The van der Waals surface area contributed by atoms with Crippen LogP contribution in [0, 0.1) is 0 Å². The maximum atomic E-state index is 12.6. The summed E-state index contributed by atoms with van der Waals surface area (Å²) < 4.78 is 0. The Morgan fingerprint density at radius 1 is 0.690 bits per heavy atom. The molecule has 1 aliphatic heterocycles. The van der Waals surface area contributed by atoms with Crippen molar-refractivity contribution in [1.82, 2.24) is 4.98 Å². The second kappa shape index (κ2) is 8.56. The highest BCUT2D eigenvalue weighted by Gasteiger charge is 2.14. The largest absolute Gasteiger partial charge is 0.372 e. The number of carbonyl (C=O) groups is 2. The van der Waals surface area contributed by atoms with Gasteiger partial charge >= 0.3 is 0 Å². The Balaban J connectivity index is 1.42. The maximum Gasteiger partial charge on any atom is 0.274 e. The predicted molar refractivity (Wildman–Crippen MR) is 114 cm³/mol. The SMILES string of the molecule is O=C(Nc1ccccc1)c1cccc(C(=O)Nc2ccc(N3CCCC3)cc2)n1. The van der Waals surface area contributed by atoms with Gasteiger partial charge in [-0.1, -0.05) is 24.3 Å². The van der Waals surface area contributed by atoms with E-state index in [4.69, 9.17) is 0 Å². The number of hydrogen-bond donors (Lipinski definition) is 2. The molecule has 3 aromatic rings. The van der Waals surface area contributed by atoms with E-state index in [1.807, 2.05) is 42.5 Å². The van der Waals surface area contributed by atoms with Crippen LogP contribution in [0.1, 0.15) is 33.8 Å². The lowest BCUT2D eigenvalue weighted by atomic mass is 10.2. The summed E-state index contributed by atoms with van der Waals surface area (Å²) in [5, 5.41) is 5.61. The van der Waals surface area contributed by atoms with Crippen LogP contribution < -0.4 is 15.5 Å². The topological polar surface area (TPSA) is 74.3 Å². The van der Waals surface area contributed by atoms with E-state index < -0.39 is 0 Å². The number of amides is 2. The molecule has 0 aliphatic carbocycles. The molecule has 146 valence electrons. The van der Waals surface area contributed by atoms with Gasteiger partial charge in [0.05, 0.1) is 0 Å². The molecule has 0 saturated carbocycles. The molecule has 1 saturated heterocycles. The number of aromatic nitrogens is 1. The minimum atomic E-state index is -0.360. The Labute approximate surface area is 169 Å². The molecule has 0 atom stereocenters. The third kappa shape index (κ3) is 4.60. The summed E-state index contributed by atoms with van der Waals surface area (Å²) in [7, 11) is 0. The van der Waals surface area contributed by atoms with Gasteiger partial charge in [-0.2, -0.15) is 0 Å². The first-order valence-corrected chi connectivity index (χ1v) is 9.69. The molecule has 2 amide bonds. The van der Waals surface area contributed by atoms with Crippen molar-refractivity contribution >= 4 is 28.9 Å². The first kappa shape index (κ1) is 18.7. The Kier molecular flexibility index (Phi) is 5.52. The second-order valence-corrected chi connectivity index (χ2v) is 6.92. The summed E-state index contributed by atoms with van der Waals surface area (Å²) in [4.78, 5) is 31.5. The molecule has 1 fully saturated rings. The fourth-order valence-electron chi connectivity index (χ4n) is 3.33. The molecule has 1 aromatic heterocycles. The Morgan fingerprint density at radius 2 is 1.24 bits per heavy atom. The summed E-state index contributed by atoms with van der Waals surface area (Å²) in [5.41, 5.74) is 2.91. The van der Waals surface area contributed by atoms with Crippen molar-refractivity contribution in [2.75, 3.05) is 28.6 Å². The molecule has 0 unspecified atom stereocenters. The first-order valence-electron chi connectivity index (χ1n) is 9.69. The molecule has 0 radical (unpaired) electrons. The highest BCUT2D eigenvalue weighted by atomic mass is 16.2. The third-order valence-electron chi connectivity index (χ3n) is 4.84. The lowest BCUT2D eigenvalue weighted by molar-refractivity contribution is 0.101. The Hall–Kier alpha value is -3.67. The number of nitrogens with zero attached hydrogens (tertiary/aromatic N) is 2. The van der Waals surface area contributed by atoms with Gasteiger partial charge in [-0.25, -0.2) is 4.98 Å². The van der Waals surface area contributed by atoms with Gasteiger partial charge in [0, 0.05) is 30.2 Å². The van der Waals surface area contributed by atoms with Crippen LogP contribution in [0.2, 0.25) is 0 Å². The van der Waals surface area contributed by atoms with Crippen LogP contribution in [0.3, 0.4) is 0 Å². The molecule has 2 heterocycles. The highest BCUT2D eigenvalue weighted by molar-refractivity contribution is 6.06.